The fourth-order valence-corrected chi connectivity index (χ4v) is 2.84. The van der Waals surface area contributed by atoms with Crippen LogP contribution < -0.4 is 11.1 Å². The molecule has 0 atom stereocenters. The number of thiocarbonyl (C=S) groups is 1. The van der Waals surface area contributed by atoms with Crippen LogP contribution in [0.4, 0.5) is 11.4 Å². The summed E-state index contributed by atoms with van der Waals surface area (Å²) in [6, 6.07) is 12.0. The molecule has 0 radical (unpaired) electrons. The van der Waals surface area contributed by atoms with E-state index in [1.807, 2.05) is 30.3 Å². The minimum absolute atomic E-state index is 0.375. The predicted octanol–water partition coefficient (Wildman–Crippen LogP) is 4.44. The van der Waals surface area contributed by atoms with Crippen molar-refractivity contribution in [2.45, 2.75) is 13.8 Å². The van der Waals surface area contributed by atoms with Crippen molar-refractivity contribution in [1.82, 2.24) is 0 Å². The molecule has 0 unspecified atom stereocenters. The van der Waals surface area contributed by atoms with Crippen molar-refractivity contribution in [2.24, 2.45) is 5.73 Å². The first-order valence-electron chi connectivity index (χ1n) is 5.92. The molecule has 0 saturated heterocycles. The van der Waals surface area contributed by atoms with Crippen molar-refractivity contribution in [3.8, 4) is 0 Å². The number of hydrogen-bond donors (Lipinski definition) is 2. The van der Waals surface area contributed by atoms with E-state index in [0.29, 0.717) is 4.99 Å². The smallest absolute Gasteiger partial charge is 0.107 e. The average molecular weight is 335 g/mol. The van der Waals surface area contributed by atoms with Crippen molar-refractivity contribution >= 4 is 44.5 Å². The van der Waals surface area contributed by atoms with E-state index in [4.69, 9.17) is 18.0 Å². The highest BCUT2D eigenvalue weighted by Crippen LogP contribution is 2.29. The van der Waals surface area contributed by atoms with E-state index in [2.05, 4.69) is 41.2 Å². The number of aryl methyl sites for hydroxylation is 1. The molecule has 4 heteroatoms. The van der Waals surface area contributed by atoms with Crippen LogP contribution in [0, 0.1) is 13.8 Å². The maximum absolute atomic E-state index is 5.80. The highest BCUT2D eigenvalue weighted by molar-refractivity contribution is 9.10. The number of anilines is 2. The quantitative estimate of drug-likeness (QED) is 0.814. The van der Waals surface area contributed by atoms with Gasteiger partial charge in [0.1, 0.15) is 4.99 Å². The zero-order valence-corrected chi connectivity index (χ0v) is 13.2. The van der Waals surface area contributed by atoms with Gasteiger partial charge in [0.15, 0.2) is 0 Å². The number of nitrogens with two attached hydrogens (primary N) is 1. The molecule has 98 valence electrons. The first-order chi connectivity index (χ1) is 9.00. The maximum Gasteiger partial charge on any atom is 0.107 e. The van der Waals surface area contributed by atoms with E-state index in [9.17, 15) is 0 Å². The molecule has 0 aliphatic rings. The van der Waals surface area contributed by atoms with Gasteiger partial charge >= 0.3 is 0 Å². The standard InChI is InChI=1S/C15H15BrN2S/c1-9-5-3-7-12(10(9)2)18-13-8-4-6-11(16)14(13)15(17)19/h3-8,18H,1-2H3,(H2,17,19). The third-order valence-corrected chi connectivity index (χ3v) is 4.00. The summed E-state index contributed by atoms with van der Waals surface area (Å²) in [7, 11) is 0. The van der Waals surface area contributed by atoms with Gasteiger partial charge in [-0.2, -0.15) is 0 Å². The fraction of sp³-hybridized carbons (Fsp3) is 0.133. The molecular formula is C15H15BrN2S. The van der Waals surface area contributed by atoms with Crippen molar-refractivity contribution in [1.29, 1.82) is 0 Å². The van der Waals surface area contributed by atoms with Crippen LogP contribution in [0.5, 0.6) is 0 Å². The summed E-state index contributed by atoms with van der Waals surface area (Å²) in [6.45, 7) is 4.19. The molecule has 2 aromatic carbocycles. The van der Waals surface area contributed by atoms with Crippen LogP contribution in [-0.2, 0) is 0 Å². The molecule has 0 fully saturated rings. The van der Waals surface area contributed by atoms with Gasteiger partial charge in [0, 0.05) is 21.4 Å². The van der Waals surface area contributed by atoms with Gasteiger partial charge in [-0.3, -0.25) is 0 Å². The normalized spacial score (nSPS) is 10.3. The Bertz CT molecular complexity index is 638. The Morgan fingerprint density at radius 3 is 2.42 bits per heavy atom. The first-order valence-corrected chi connectivity index (χ1v) is 7.12. The number of benzene rings is 2. The van der Waals surface area contributed by atoms with Crippen LogP contribution in [0.3, 0.4) is 0 Å². The lowest BCUT2D eigenvalue weighted by Crippen LogP contribution is -2.13. The number of hydrogen-bond acceptors (Lipinski definition) is 2. The molecule has 0 bridgehead atoms. The summed E-state index contributed by atoms with van der Waals surface area (Å²) in [5, 5.41) is 3.41. The zero-order chi connectivity index (χ0) is 14.0. The summed E-state index contributed by atoms with van der Waals surface area (Å²) in [4.78, 5) is 0.375. The van der Waals surface area contributed by atoms with Crippen LogP contribution in [-0.4, -0.2) is 4.99 Å². The fourth-order valence-electron chi connectivity index (χ4n) is 1.91. The van der Waals surface area contributed by atoms with Crippen molar-refractivity contribution < 1.29 is 0 Å². The third-order valence-electron chi connectivity index (χ3n) is 3.13. The van der Waals surface area contributed by atoms with Gasteiger partial charge < -0.3 is 11.1 Å². The Labute approximate surface area is 127 Å². The molecule has 0 aromatic heterocycles. The zero-order valence-electron chi connectivity index (χ0n) is 10.8. The van der Waals surface area contributed by atoms with Crippen LogP contribution in [0.2, 0.25) is 0 Å². The second-order valence-electron chi connectivity index (χ2n) is 4.40. The molecular weight excluding hydrogens is 320 g/mol. The Morgan fingerprint density at radius 1 is 1.11 bits per heavy atom. The van der Waals surface area contributed by atoms with Crippen LogP contribution >= 0.6 is 28.1 Å². The lowest BCUT2D eigenvalue weighted by molar-refractivity contribution is 1.33. The van der Waals surface area contributed by atoms with Crippen LogP contribution in [0.15, 0.2) is 40.9 Å². The topological polar surface area (TPSA) is 38.0 Å². The first kappa shape index (κ1) is 14.0. The maximum atomic E-state index is 5.80. The highest BCUT2D eigenvalue weighted by Gasteiger charge is 2.10. The predicted molar refractivity (Wildman–Crippen MR) is 89.2 cm³/mol. The van der Waals surface area contributed by atoms with E-state index < -0.39 is 0 Å². The third kappa shape index (κ3) is 2.96. The van der Waals surface area contributed by atoms with Crippen molar-refractivity contribution in [2.75, 3.05) is 5.32 Å². The molecule has 3 N–H and O–H groups in total. The van der Waals surface area contributed by atoms with Crippen molar-refractivity contribution in [3.05, 3.63) is 57.6 Å². The van der Waals surface area contributed by atoms with Crippen molar-refractivity contribution in [3.63, 3.8) is 0 Å². The van der Waals surface area contributed by atoms with Crippen LogP contribution in [0.25, 0.3) is 0 Å². The summed E-state index contributed by atoms with van der Waals surface area (Å²) < 4.78 is 0.898. The van der Waals surface area contributed by atoms with Gasteiger partial charge in [0.2, 0.25) is 0 Å². The van der Waals surface area contributed by atoms with Gasteiger partial charge in [-0.25, -0.2) is 0 Å². The second-order valence-corrected chi connectivity index (χ2v) is 5.69. The summed E-state index contributed by atoms with van der Waals surface area (Å²) >= 11 is 8.61. The summed E-state index contributed by atoms with van der Waals surface area (Å²) in [6.07, 6.45) is 0. The Balaban J connectivity index is 2.47. The largest absolute Gasteiger partial charge is 0.389 e. The van der Waals surface area contributed by atoms with Crippen LogP contribution in [0.1, 0.15) is 16.7 Å². The van der Waals surface area contributed by atoms with Gasteiger partial charge in [0.05, 0.1) is 0 Å². The summed E-state index contributed by atoms with van der Waals surface area (Å²) in [5.74, 6) is 0. The minimum atomic E-state index is 0.375. The molecule has 0 saturated carbocycles. The van der Waals surface area contributed by atoms with Gasteiger partial charge in [0.25, 0.3) is 0 Å². The Morgan fingerprint density at radius 2 is 1.74 bits per heavy atom. The van der Waals surface area contributed by atoms with E-state index in [0.717, 1.165) is 21.4 Å². The second kappa shape index (κ2) is 5.72. The number of nitrogens with one attached hydrogen (secondary N) is 1. The molecule has 2 nitrogen and oxygen atoms in total. The SMILES string of the molecule is Cc1cccc(Nc2cccc(Br)c2C(N)=S)c1C. The van der Waals surface area contributed by atoms with Gasteiger partial charge in [-0.15, -0.1) is 0 Å². The molecule has 0 aliphatic heterocycles. The molecule has 0 aliphatic carbocycles. The molecule has 2 aromatic rings. The Kier molecular flexibility index (Phi) is 4.22. The summed E-state index contributed by atoms with van der Waals surface area (Å²) in [5.41, 5.74) is 11.1. The molecule has 0 spiro atoms. The van der Waals surface area contributed by atoms with E-state index in [1.54, 1.807) is 0 Å². The molecule has 0 amide bonds. The number of rotatable bonds is 3. The average Bonchev–Trinajstić information content (AvgIpc) is 2.34. The molecule has 19 heavy (non-hydrogen) atoms. The minimum Gasteiger partial charge on any atom is -0.389 e. The lowest BCUT2D eigenvalue weighted by Gasteiger charge is -2.15. The van der Waals surface area contributed by atoms with E-state index in [1.165, 1.54) is 11.1 Å². The molecule has 2 rings (SSSR count). The lowest BCUT2D eigenvalue weighted by atomic mass is 10.1. The number of halogens is 1. The highest BCUT2D eigenvalue weighted by atomic mass is 79.9. The monoisotopic (exact) mass is 334 g/mol. The molecule has 0 heterocycles. The van der Waals surface area contributed by atoms with E-state index in [-0.39, 0.29) is 0 Å². The van der Waals surface area contributed by atoms with E-state index >= 15 is 0 Å². The Hall–Kier alpha value is -1.39. The van der Waals surface area contributed by atoms with Gasteiger partial charge in [-0.1, -0.05) is 30.4 Å². The van der Waals surface area contributed by atoms with Gasteiger partial charge in [-0.05, 0) is 59.1 Å².